The van der Waals surface area contributed by atoms with E-state index in [1.165, 1.54) is 31.9 Å². The number of aromatic nitrogens is 1. The molecule has 0 N–H and O–H groups in total. The number of amides is 1. The second-order valence-electron chi connectivity index (χ2n) is 5.21. The Hall–Kier alpha value is -1.89. The fourth-order valence-electron chi connectivity index (χ4n) is 2.56. The van der Waals surface area contributed by atoms with E-state index >= 15 is 0 Å². The van der Waals surface area contributed by atoms with Crippen LogP contribution >= 0.6 is 0 Å². The van der Waals surface area contributed by atoms with Crippen LogP contribution in [-0.4, -0.2) is 29.4 Å². The highest BCUT2D eigenvalue weighted by Crippen LogP contribution is 2.27. The van der Waals surface area contributed by atoms with Crippen LogP contribution in [0.2, 0.25) is 0 Å². The molecule has 1 aromatic heterocycles. The molecule has 4 heteroatoms. The van der Waals surface area contributed by atoms with Crippen LogP contribution in [0.5, 0.6) is 0 Å². The van der Waals surface area contributed by atoms with Crippen LogP contribution in [0.15, 0.2) is 18.3 Å². The predicted molar refractivity (Wildman–Crippen MR) is 72.5 cm³/mol. The molecule has 1 aromatic rings. The molecule has 4 nitrogen and oxygen atoms in total. The fourth-order valence-corrected chi connectivity index (χ4v) is 2.56. The van der Waals surface area contributed by atoms with Crippen LogP contribution in [0.25, 0.3) is 0 Å². The normalized spacial score (nSPS) is 15.2. The third kappa shape index (κ3) is 3.54. The Balaban J connectivity index is 1.88. The topological polar surface area (TPSA) is 57.0 Å². The summed E-state index contributed by atoms with van der Waals surface area (Å²) in [7, 11) is 1.82. The molecular weight excluding hydrogens is 238 g/mol. The molecule has 0 aromatic carbocycles. The van der Waals surface area contributed by atoms with Gasteiger partial charge in [-0.05, 0) is 24.5 Å². The van der Waals surface area contributed by atoms with Gasteiger partial charge in [0.2, 0.25) is 0 Å². The van der Waals surface area contributed by atoms with Gasteiger partial charge in [-0.25, -0.2) is 4.98 Å². The van der Waals surface area contributed by atoms with E-state index in [1.807, 2.05) is 13.1 Å². The van der Waals surface area contributed by atoms with Gasteiger partial charge < -0.3 is 4.90 Å². The van der Waals surface area contributed by atoms with Crippen molar-refractivity contribution in [1.82, 2.24) is 9.88 Å². The average Bonchev–Trinajstić information content (AvgIpc) is 2.97. The maximum absolute atomic E-state index is 12.1. The lowest BCUT2D eigenvalue weighted by atomic mass is 10.0. The lowest BCUT2D eigenvalue weighted by molar-refractivity contribution is 0.0781. The van der Waals surface area contributed by atoms with E-state index in [2.05, 4.69) is 4.98 Å². The van der Waals surface area contributed by atoms with Gasteiger partial charge in [-0.15, -0.1) is 0 Å². The third-order valence-corrected chi connectivity index (χ3v) is 3.81. The van der Waals surface area contributed by atoms with Gasteiger partial charge in [0, 0.05) is 19.8 Å². The molecule has 1 heterocycles. The van der Waals surface area contributed by atoms with E-state index in [9.17, 15) is 4.79 Å². The highest BCUT2D eigenvalue weighted by Gasteiger charge is 2.18. The molecule has 1 amide bonds. The van der Waals surface area contributed by atoms with Gasteiger partial charge in [-0.1, -0.05) is 25.7 Å². The zero-order chi connectivity index (χ0) is 13.7. The van der Waals surface area contributed by atoms with Gasteiger partial charge in [0.1, 0.15) is 11.8 Å². The highest BCUT2D eigenvalue weighted by molar-refractivity contribution is 5.92. The molecule has 0 saturated heterocycles. The first-order chi connectivity index (χ1) is 9.20. The summed E-state index contributed by atoms with van der Waals surface area (Å²) in [5.74, 6) is 0.715. The predicted octanol–water partition coefficient (Wildman–Crippen LogP) is 2.61. The van der Waals surface area contributed by atoms with Gasteiger partial charge >= 0.3 is 0 Å². The van der Waals surface area contributed by atoms with Gasteiger partial charge in [0.25, 0.3) is 5.91 Å². The minimum absolute atomic E-state index is 0.0671. The van der Waals surface area contributed by atoms with Crippen LogP contribution in [-0.2, 0) is 0 Å². The Bertz CT molecular complexity index is 469. The Morgan fingerprint density at radius 1 is 1.47 bits per heavy atom. The SMILES string of the molecule is CN(CCC1CCCC1)C(=O)c1ccc(C#N)cn1. The molecule has 0 unspecified atom stereocenters. The molecule has 0 spiro atoms. The minimum Gasteiger partial charge on any atom is -0.340 e. The zero-order valence-electron chi connectivity index (χ0n) is 11.3. The number of hydrogen-bond acceptors (Lipinski definition) is 3. The molecule has 2 rings (SSSR count). The van der Waals surface area contributed by atoms with Crippen LogP contribution in [0.1, 0.15) is 48.2 Å². The van der Waals surface area contributed by atoms with Crippen molar-refractivity contribution >= 4 is 5.91 Å². The number of carbonyl (C=O) groups is 1. The first kappa shape index (κ1) is 13.5. The molecular formula is C15H19N3O. The standard InChI is InChI=1S/C15H19N3O/c1-18(9-8-12-4-2-3-5-12)15(19)14-7-6-13(10-16)11-17-14/h6-7,11-12H,2-5,8-9H2,1H3. The van der Waals surface area contributed by atoms with Gasteiger partial charge in [0.15, 0.2) is 0 Å². The maximum atomic E-state index is 12.1. The van der Waals surface area contributed by atoms with E-state index in [-0.39, 0.29) is 5.91 Å². The van der Waals surface area contributed by atoms with E-state index in [0.717, 1.165) is 18.9 Å². The molecule has 0 radical (unpaired) electrons. The Labute approximate surface area is 114 Å². The lowest BCUT2D eigenvalue weighted by Gasteiger charge is -2.18. The van der Waals surface area contributed by atoms with Crippen molar-refractivity contribution in [3.63, 3.8) is 0 Å². The van der Waals surface area contributed by atoms with Crippen molar-refractivity contribution in [1.29, 1.82) is 5.26 Å². The summed E-state index contributed by atoms with van der Waals surface area (Å²) in [5.41, 5.74) is 0.887. The molecule has 0 aliphatic heterocycles. The van der Waals surface area contributed by atoms with Crippen molar-refractivity contribution in [2.75, 3.05) is 13.6 Å². The zero-order valence-corrected chi connectivity index (χ0v) is 11.3. The molecule has 19 heavy (non-hydrogen) atoms. The number of hydrogen-bond donors (Lipinski definition) is 0. The Morgan fingerprint density at radius 2 is 2.21 bits per heavy atom. The third-order valence-electron chi connectivity index (χ3n) is 3.81. The summed E-state index contributed by atoms with van der Waals surface area (Å²) in [6.07, 6.45) is 7.80. The number of rotatable bonds is 4. The van der Waals surface area contributed by atoms with Crippen molar-refractivity contribution in [3.05, 3.63) is 29.6 Å². The highest BCUT2D eigenvalue weighted by atomic mass is 16.2. The first-order valence-corrected chi connectivity index (χ1v) is 6.82. The minimum atomic E-state index is -0.0671. The van der Waals surface area contributed by atoms with Crippen LogP contribution in [0.4, 0.5) is 0 Å². The number of carbonyl (C=O) groups excluding carboxylic acids is 1. The molecule has 100 valence electrons. The van der Waals surface area contributed by atoms with E-state index in [4.69, 9.17) is 5.26 Å². The Kier molecular flexibility index (Phi) is 4.51. The van der Waals surface area contributed by atoms with Crippen molar-refractivity contribution in [2.24, 2.45) is 5.92 Å². The van der Waals surface area contributed by atoms with Crippen LogP contribution in [0.3, 0.4) is 0 Å². The van der Waals surface area contributed by atoms with Crippen molar-refractivity contribution in [3.8, 4) is 6.07 Å². The van der Waals surface area contributed by atoms with Crippen LogP contribution < -0.4 is 0 Å². The summed E-state index contributed by atoms with van der Waals surface area (Å²) < 4.78 is 0. The average molecular weight is 257 g/mol. The fraction of sp³-hybridized carbons (Fsp3) is 0.533. The van der Waals surface area contributed by atoms with Gasteiger partial charge in [0.05, 0.1) is 5.56 Å². The van der Waals surface area contributed by atoms with E-state index < -0.39 is 0 Å². The summed E-state index contributed by atoms with van der Waals surface area (Å²) in [5, 5.41) is 8.70. The molecule has 1 aliphatic carbocycles. The number of nitriles is 1. The van der Waals surface area contributed by atoms with Crippen molar-refractivity contribution in [2.45, 2.75) is 32.1 Å². The molecule has 1 saturated carbocycles. The monoisotopic (exact) mass is 257 g/mol. The summed E-state index contributed by atoms with van der Waals surface area (Å²) in [6.45, 7) is 0.783. The van der Waals surface area contributed by atoms with Crippen molar-refractivity contribution < 1.29 is 4.79 Å². The summed E-state index contributed by atoms with van der Waals surface area (Å²) in [4.78, 5) is 17.9. The first-order valence-electron chi connectivity index (χ1n) is 6.82. The lowest BCUT2D eigenvalue weighted by Crippen LogP contribution is -2.29. The quantitative estimate of drug-likeness (QED) is 0.833. The van der Waals surface area contributed by atoms with Crippen LogP contribution in [0, 0.1) is 17.2 Å². The van der Waals surface area contributed by atoms with Gasteiger partial charge in [-0.2, -0.15) is 5.26 Å². The second kappa shape index (κ2) is 6.33. The van der Waals surface area contributed by atoms with E-state index in [1.54, 1.807) is 17.0 Å². The second-order valence-corrected chi connectivity index (χ2v) is 5.21. The van der Waals surface area contributed by atoms with E-state index in [0.29, 0.717) is 11.3 Å². The molecule has 0 bridgehead atoms. The number of nitrogens with zero attached hydrogens (tertiary/aromatic N) is 3. The Morgan fingerprint density at radius 3 is 2.79 bits per heavy atom. The smallest absolute Gasteiger partial charge is 0.272 e. The van der Waals surface area contributed by atoms with Gasteiger partial charge in [-0.3, -0.25) is 4.79 Å². The largest absolute Gasteiger partial charge is 0.340 e. The number of pyridine rings is 1. The summed E-state index contributed by atoms with van der Waals surface area (Å²) >= 11 is 0. The molecule has 1 aliphatic rings. The molecule has 1 fully saturated rings. The molecule has 0 atom stereocenters. The maximum Gasteiger partial charge on any atom is 0.272 e. The summed E-state index contributed by atoms with van der Waals surface area (Å²) in [6, 6.07) is 5.25.